The first-order valence-electron chi connectivity index (χ1n) is 6.34. The van der Waals surface area contributed by atoms with E-state index in [9.17, 15) is 0 Å². The Balaban J connectivity index is 2.40. The van der Waals surface area contributed by atoms with Crippen molar-refractivity contribution in [2.75, 3.05) is 7.05 Å². The van der Waals surface area contributed by atoms with E-state index in [-0.39, 0.29) is 0 Å². The Kier molecular flexibility index (Phi) is 1.88. The second kappa shape index (κ2) is 3.44. The molecule has 0 aliphatic heterocycles. The van der Waals surface area contributed by atoms with Crippen molar-refractivity contribution < 1.29 is 5.32 Å². The lowest BCUT2D eigenvalue weighted by molar-refractivity contribution is -0.537. The van der Waals surface area contributed by atoms with Crippen molar-refractivity contribution >= 4 is 38.0 Å². The third-order valence-corrected chi connectivity index (χ3v) is 3.87. The molecule has 1 heteroatoms. The van der Waals surface area contributed by atoms with Crippen molar-refractivity contribution in [2.45, 2.75) is 0 Å². The fraction of sp³-hybridized carbons (Fsp3) is 0.0588. The van der Waals surface area contributed by atoms with Gasteiger partial charge in [-0.1, -0.05) is 36.4 Å². The van der Waals surface area contributed by atoms with E-state index in [4.69, 9.17) is 0 Å². The summed E-state index contributed by atoms with van der Waals surface area (Å²) in [5, 5.41) is 10.3. The van der Waals surface area contributed by atoms with Gasteiger partial charge in [0.15, 0.2) is 0 Å². The summed E-state index contributed by atoms with van der Waals surface area (Å²) in [6.07, 6.45) is 0. The smallest absolute Gasteiger partial charge is 0.137 e. The highest BCUT2D eigenvalue weighted by Gasteiger charge is 2.11. The predicted molar refractivity (Wildman–Crippen MR) is 77.7 cm³/mol. The minimum Gasteiger partial charge on any atom is -0.316 e. The van der Waals surface area contributed by atoms with Gasteiger partial charge in [0.25, 0.3) is 0 Å². The highest BCUT2D eigenvalue weighted by molar-refractivity contribution is 6.24. The zero-order chi connectivity index (χ0) is 12.1. The normalized spacial score (nSPS) is 11.8. The first kappa shape index (κ1) is 9.86. The topological polar surface area (TPSA) is 16.6 Å². The first-order valence-corrected chi connectivity index (χ1v) is 6.34. The summed E-state index contributed by atoms with van der Waals surface area (Å²) in [4.78, 5) is 0. The first-order chi connectivity index (χ1) is 8.88. The van der Waals surface area contributed by atoms with Gasteiger partial charge < -0.3 is 5.32 Å². The van der Waals surface area contributed by atoms with Gasteiger partial charge in [-0.2, -0.15) is 0 Å². The molecule has 2 N–H and O–H groups in total. The molecule has 4 rings (SSSR count). The van der Waals surface area contributed by atoms with Crippen LogP contribution in [0.3, 0.4) is 0 Å². The fourth-order valence-corrected chi connectivity index (χ4v) is 3.01. The second-order valence-electron chi connectivity index (χ2n) is 4.80. The van der Waals surface area contributed by atoms with E-state index in [1.165, 1.54) is 38.0 Å². The van der Waals surface area contributed by atoms with Crippen LogP contribution in [0.4, 0.5) is 5.69 Å². The molecule has 18 heavy (non-hydrogen) atoms. The molecule has 0 amide bonds. The molecule has 0 unspecified atom stereocenters. The van der Waals surface area contributed by atoms with Gasteiger partial charge in [-0.25, -0.2) is 0 Å². The minimum atomic E-state index is 1.32. The van der Waals surface area contributed by atoms with Crippen LogP contribution in [0, 0.1) is 0 Å². The largest absolute Gasteiger partial charge is 0.316 e. The Morgan fingerprint density at radius 1 is 0.667 bits per heavy atom. The second-order valence-corrected chi connectivity index (χ2v) is 4.80. The molecule has 4 aromatic rings. The molecule has 0 aliphatic rings. The maximum atomic E-state index is 2.25. The van der Waals surface area contributed by atoms with Crippen LogP contribution < -0.4 is 5.32 Å². The number of benzene rings is 4. The SMILES string of the molecule is C[NH2+]c1ccc2ccc3cccc4ccc1c2c34. The molecule has 0 aliphatic carbocycles. The number of nitrogens with two attached hydrogens (primary N) is 1. The average Bonchev–Trinajstić information content (AvgIpc) is 2.44. The van der Waals surface area contributed by atoms with E-state index in [0.717, 1.165) is 0 Å². The lowest BCUT2D eigenvalue weighted by atomic mass is 9.93. The van der Waals surface area contributed by atoms with Crippen LogP contribution >= 0.6 is 0 Å². The van der Waals surface area contributed by atoms with E-state index in [1.807, 2.05) is 0 Å². The Hall–Kier alpha value is -2.12. The maximum absolute atomic E-state index is 2.25. The van der Waals surface area contributed by atoms with Gasteiger partial charge in [-0.15, -0.1) is 0 Å². The highest BCUT2D eigenvalue weighted by atomic mass is 14.8. The highest BCUT2D eigenvalue weighted by Crippen LogP contribution is 2.36. The van der Waals surface area contributed by atoms with Gasteiger partial charge in [0.05, 0.1) is 7.05 Å². The van der Waals surface area contributed by atoms with E-state index in [2.05, 4.69) is 67.0 Å². The van der Waals surface area contributed by atoms with Crippen molar-refractivity contribution in [1.82, 2.24) is 0 Å². The lowest BCUT2D eigenvalue weighted by Crippen LogP contribution is -2.72. The summed E-state index contributed by atoms with van der Waals surface area (Å²) < 4.78 is 0. The lowest BCUT2D eigenvalue weighted by Gasteiger charge is -2.11. The number of rotatable bonds is 1. The van der Waals surface area contributed by atoms with Crippen LogP contribution in [-0.2, 0) is 0 Å². The van der Waals surface area contributed by atoms with Gasteiger partial charge in [0.2, 0.25) is 0 Å². The predicted octanol–water partition coefficient (Wildman–Crippen LogP) is 3.41. The van der Waals surface area contributed by atoms with Crippen LogP contribution in [-0.4, -0.2) is 7.05 Å². The van der Waals surface area contributed by atoms with Gasteiger partial charge in [0, 0.05) is 16.8 Å². The van der Waals surface area contributed by atoms with Crippen LogP contribution in [0.25, 0.3) is 32.3 Å². The minimum absolute atomic E-state index is 1.32. The van der Waals surface area contributed by atoms with Crippen molar-refractivity contribution in [2.24, 2.45) is 0 Å². The van der Waals surface area contributed by atoms with Crippen LogP contribution in [0.2, 0.25) is 0 Å². The third kappa shape index (κ3) is 1.14. The van der Waals surface area contributed by atoms with E-state index < -0.39 is 0 Å². The molecule has 86 valence electrons. The van der Waals surface area contributed by atoms with Crippen molar-refractivity contribution in [3.63, 3.8) is 0 Å². The molecule has 0 spiro atoms. The summed E-state index contributed by atoms with van der Waals surface area (Å²) in [6, 6.07) is 19.9. The molecule has 0 fully saturated rings. The number of hydrogen-bond donors (Lipinski definition) is 1. The monoisotopic (exact) mass is 232 g/mol. The molecule has 0 saturated carbocycles. The summed E-state index contributed by atoms with van der Waals surface area (Å²) in [5.41, 5.74) is 1.32. The zero-order valence-electron chi connectivity index (χ0n) is 10.3. The molecule has 0 bridgehead atoms. The Morgan fingerprint density at radius 3 is 2.00 bits per heavy atom. The molecule has 0 heterocycles. The summed E-state index contributed by atoms with van der Waals surface area (Å²) in [7, 11) is 2.10. The van der Waals surface area contributed by atoms with E-state index in [1.54, 1.807) is 0 Å². The van der Waals surface area contributed by atoms with Gasteiger partial charge >= 0.3 is 0 Å². The quantitative estimate of drug-likeness (QED) is 0.382. The summed E-state index contributed by atoms with van der Waals surface area (Å²) in [5.74, 6) is 0. The number of quaternary nitrogens is 1. The molecule has 0 atom stereocenters. The third-order valence-electron chi connectivity index (χ3n) is 3.87. The molecule has 0 aromatic heterocycles. The van der Waals surface area contributed by atoms with E-state index >= 15 is 0 Å². The van der Waals surface area contributed by atoms with Crippen molar-refractivity contribution in [3.8, 4) is 0 Å². The van der Waals surface area contributed by atoms with Crippen LogP contribution in [0.15, 0.2) is 54.6 Å². The van der Waals surface area contributed by atoms with Gasteiger partial charge in [-0.3, -0.25) is 0 Å². The van der Waals surface area contributed by atoms with Crippen LogP contribution in [0.5, 0.6) is 0 Å². The molecule has 0 saturated heterocycles. The fourth-order valence-electron chi connectivity index (χ4n) is 3.01. The molecule has 1 nitrogen and oxygen atoms in total. The van der Waals surface area contributed by atoms with Crippen LogP contribution in [0.1, 0.15) is 0 Å². The van der Waals surface area contributed by atoms with Gasteiger partial charge in [-0.05, 0) is 33.7 Å². The summed E-state index contributed by atoms with van der Waals surface area (Å²) in [6.45, 7) is 0. The molecule has 4 aromatic carbocycles. The molecular weight excluding hydrogens is 218 g/mol. The standard InChI is InChI=1S/C17H13N/c1-18-15-10-8-13-6-5-11-3-2-4-12-7-9-14(15)17(13)16(11)12/h2-10,18H,1H3/p+1. The number of hydrogen-bond acceptors (Lipinski definition) is 0. The van der Waals surface area contributed by atoms with E-state index in [0.29, 0.717) is 0 Å². The maximum Gasteiger partial charge on any atom is 0.137 e. The molecular formula is C17H14N+. The summed E-state index contributed by atoms with van der Waals surface area (Å²) >= 11 is 0. The van der Waals surface area contributed by atoms with Crippen molar-refractivity contribution in [1.29, 1.82) is 0 Å². The molecule has 0 radical (unpaired) electrons. The van der Waals surface area contributed by atoms with Crippen molar-refractivity contribution in [3.05, 3.63) is 54.6 Å². The zero-order valence-corrected chi connectivity index (χ0v) is 10.3. The Labute approximate surface area is 105 Å². The average molecular weight is 232 g/mol. The Bertz CT molecular complexity index is 845. The van der Waals surface area contributed by atoms with Gasteiger partial charge in [0.1, 0.15) is 5.69 Å². The Morgan fingerprint density at radius 2 is 1.28 bits per heavy atom.